The first kappa shape index (κ1) is 24.1. The van der Waals surface area contributed by atoms with E-state index in [0.717, 1.165) is 60.5 Å². The first-order valence-electron chi connectivity index (χ1n) is 13.7. The molecule has 0 radical (unpaired) electrons. The molecule has 4 heteroatoms. The normalized spacial score (nSPS) is 11.3. The number of hydrogen-bond acceptors (Lipinski definition) is 3. The molecule has 2 aromatic heterocycles. The molecule has 0 fully saturated rings. The summed E-state index contributed by atoms with van der Waals surface area (Å²) in [6, 6.07) is 48.5. The van der Waals surface area contributed by atoms with Gasteiger partial charge in [0.15, 0.2) is 0 Å². The molecule has 0 aliphatic rings. The van der Waals surface area contributed by atoms with Crippen molar-refractivity contribution in [3.8, 4) is 40.1 Å². The third-order valence-corrected chi connectivity index (χ3v) is 9.24. The van der Waals surface area contributed by atoms with Crippen molar-refractivity contribution in [2.45, 2.75) is 0 Å². The van der Waals surface area contributed by atoms with E-state index in [1.54, 1.807) is 11.3 Å². The van der Waals surface area contributed by atoms with Gasteiger partial charge in [0.05, 0.1) is 33.9 Å². The van der Waals surface area contributed by atoms with Crippen LogP contribution in [0.25, 0.3) is 69.9 Å². The standard InChI is InChI=1S/C38H21N3S/c39-22-24-16-18-36-32(20-24)33-21-25(17-19-37(33)42-36)27-9-1-2-10-28(27)31-13-7-8-26(23-40)38(31)41-34-14-5-3-11-29(34)30-12-4-6-15-35(30)41/h1-21H. The Hall–Kier alpha value is -5.68. The van der Waals surface area contributed by atoms with Gasteiger partial charge in [-0.1, -0.05) is 78.9 Å². The number of benzene rings is 6. The monoisotopic (exact) mass is 551 g/mol. The summed E-state index contributed by atoms with van der Waals surface area (Å²) in [6.07, 6.45) is 0. The molecule has 3 nitrogen and oxygen atoms in total. The summed E-state index contributed by atoms with van der Waals surface area (Å²) in [5, 5.41) is 24.4. The predicted octanol–water partition coefficient (Wildman–Crippen LogP) is 10.2. The van der Waals surface area contributed by atoms with Crippen LogP contribution < -0.4 is 0 Å². The van der Waals surface area contributed by atoms with E-state index in [1.165, 1.54) is 9.40 Å². The minimum Gasteiger partial charge on any atom is -0.307 e. The Morgan fingerprint density at radius 1 is 0.500 bits per heavy atom. The Morgan fingerprint density at radius 3 is 1.83 bits per heavy atom. The Morgan fingerprint density at radius 2 is 1.12 bits per heavy atom. The molecule has 42 heavy (non-hydrogen) atoms. The van der Waals surface area contributed by atoms with Crippen molar-refractivity contribution in [3.05, 3.63) is 139 Å². The number of nitrogens with zero attached hydrogens (tertiary/aromatic N) is 3. The number of fused-ring (bicyclic) bond motifs is 6. The van der Waals surface area contributed by atoms with Crippen molar-refractivity contribution in [2.24, 2.45) is 0 Å². The number of para-hydroxylation sites is 3. The average Bonchev–Trinajstić information content (AvgIpc) is 3.59. The van der Waals surface area contributed by atoms with Gasteiger partial charge in [-0.05, 0) is 65.2 Å². The van der Waals surface area contributed by atoms with Crippen LogP contribution >= 0.6 is 11.3 Å². The lowest BCUT2D eigenvalue weighted by Crippen LogP contribution is -2.01. The molecule has 0 spiro atoms. The molecule has 0 atom stereocenters. The SMILES string of the molecule is N#Cc1ccc2sc3ccc(-c4ccccc4-c4cccc(C#N)c4-n4c5ccccc5c5ccccc54)cc3c2c1. The fourth-order valence-corrected chi connectivity index (χ4v) is 7.31. The Bertz CT molecular complexity index is 2390. The number of aromatic nitrogens is 1. The first-order valence-corrected chi connectivity index (χ1v) is 14.5. The van der Waals surface area contributed by atoms with E-state index in [9.17, 15) is 10.5 Å². The van der Waals surface area contributed by atoms with Crippen molar-refractivity contribution in [2.75, 3.05) is 0 Å². The fourth-order valence-electron chi connectivity index (χ4n) is 6.24. The maximum Gasteiger partial charge on any atom is 0.101 e. The second kappa shape index (κ2) is 9.46. The molecule has 0 unspecified atom stereocenters. The van der Waals surface area contributed by atoms with Crippen molar-refractivity contribution in [3.63, 3.8) is 0 Å². The molecule has 0 bridgehead atoms. The number of rotatable bonds is 3. The molecule has 0 saturated heterocycles. The van der Waals surface area contributed by atoms with Gasteiger partial charge >= 0.3 is 0 Å². The summed E-state index contributed by atoms with van der Waals surface area (Å²) < 4.78 is 4.61. The highest BCUT2D eigenvalue weighted by molar-refractivity contribution is 7.25. The third kappa shape index (κ3) is 3.57. The van der Waals surface area contributed by atoms with Crippen LogP contribution in [-0.4, -0.2) is 4.57 Å². The summed E-state index contributed by atoms with van der Waals surface area (Å²) in [6.45, 7) is 0. The van der Waals surface area contributed by atoms with Crippen LogP contribution in [0.3, 0.4) is 0 Å². The first-order chi connectivity index (χ1) is 20.7. The second-order valence-electron chi connectivity index (χ2n) is 10.4. The van der Waals surface area contributed by atoms with E-state index in [1.807, 2.05) is 30.3 Å². The molecule has 2 heterocycles. The van der Waals surface area contributed by atoms with Crippen molar-refractivity contribution < 1.29 is 0 Å². The second-order valence-corrected chi connectivity index (χ2v) is 11.4. The summed E-state index contributed by atoms with van der Waals surface area (Å²) in [5.74, 6) is 0. The quantitative estimate of drug-likeness (QED) is 0.219. The molecule has 6 aromatic carbocycles. The number of nitriles is 2. The van der Waals surface area contributed by atoms with Crippen LogP contribution in [0.2, 0.25) is 0 Å². The fraction of sp³-hybridized carbons (Fsp3) is 0. The molecular formula is C38H21N3S. The molecule has 0 aliphatic carbocycles. The molecular weight excluding hydrogens is 531 g/mol. The molecule has 8 rings (SSSR count). The van der Waals surface area contributed by atoms with Gasteiger partial charge in [0.2, 0.25) is 0 Å². The Kier molecular flexibility index (Phi) is 5.44. The van der Waals surface area contributed by atoms with Crippen LogP contribution in [0, 0.1) is 22.7 Å². The van der Waals surface area contributed by atoms with E-state index in [0.29, 0.717) is 11.1 Å². The molecule has 0 N–H and O–H groups in total. The molecule has 0 amide bonds. The third-order valence-electron chi connectivity index (χ3n) is 8.09. The van der Waals surface area contributed by atoms with Gasteiger partial charge < -0.3 is 4.57 Å². The maximum absolute atomic E-state index is 10.4. The summed E-state index contributed by atoms with van der Waals surface area (Å²) in [4.78, 5) is 0. The van der Waals surface area contributed by atoms with E-state index in [4.69, 9.17) is 0 Å². The Balaban J connectivity index is 1.42. The van der Waals surface area contributed by atoms with E-state index in [-0.39, 0.29) is 0 Å². The molecule has 194 valence electrons. The summed E-state index contributed by atoms with van der Waals surface area (Å²) >= 11 is 1.74. The molecule has 8 aromatic rings. The highest BCUT2D eigenvalue weighted by Gasteiger charge is 2.20. The smallest absolute Gasteiger partial charge is 0.101 e. The van der Waals surface area contributed by atoms with Crippen molar-refractivity contribution in [1.82, 2.24) is 4.57 Å². The van der Waals surface area contributed by atoms with Gasteiger partial charge in [-0.15, -0.1) is 11.3 Å². The van der Waals surface area contributed by atoms with Gasteiger partial charge in [-0.3, -0.25) is 0 Å². The highest BCUT2D eigenvalue weighted by atomic mass is 32.1. The lowest BCUT2D eigenvalue weighted by atomic mass is 9.91. The largest absolute Gasteiger partial charge is 0.307 e. The van der Waals surface area contributed by atoms with Crippen LogP contribution in [0.15, 0.2) is 127 Å². The summed E-state index contributed by atoms with van der Waals surface area (Å²) in [5.41, 5.74) is 8.54. The molecule has 0 aliphatic heterocycles. The van der Waals surface area contributed by atoms with E-state index >= 15 is 0 Å². The van der Waals surface area contributed by atoms with Crippen molar-refractivity contribution >= 4 is 53.3 Å². The van der Waals surface area contributed by atoms with E-state index < -0.39 is 0 Å². The predicted molar refractivity (Wildman–Crippen MR) is 174 cm³/mol. The van der Waals surface area contributed by atoms with Gasteiger partial charge in [-0.2, -0.15) is 10.5 Å². The Labute approximate surface area is 246 Å². The minimum atomic E-state index is 0.622. The van der Waals surface area contributed by atoms with Crippen LogP contribution in [0.5, 0.6) is 0 Å². The van der Waals surface area contributed by atoms with Crippen LogP contribution in [0.4, 0.5) is 0 Å². The lowest BCUT2D eigenvalue weighted by Gasteiger charge is -2.18. The van der Waals surface area contributed by atoms with Crippen LogP contribution in [-0.2, 0) is 0 Å². The zero-order valence-electron chi connectivity index (χ0n) is 22.4. The number of thiophene rings is 1. The van der Waals surface area contributed by atoms with Gasteiger partial charge in [-0.25, -0.2) is 0 Å². The number of hydrogen-bond donors (Lipinski definition) is 0. The lowest BCUT2D eigenvalue weighted by molar-refractivity contribution is 1.17. The van der Waals surface area contributed by atoms with Gasteiger partial charge in [0.25, 0.3) is 0 Å². The zero-order valence-corrected chi connectivity index (χ0v) is 23.2. The van der Waals surface area contributed by atoms with E-state index in [2.05, 4.69) is 114 Å². The average molecular weight is 552 g/mol. The maximum atomic E-state index is 10.4. The van der Waals surface area contributed by atoms with Gasteiger partial charge in [0.1, 0.15) is 6.07 Å². The highest BCUT2D eigenvalue weighted by Crippen LogP contribution is 2.42. The van der Waals surface area contributed by atoms with Crippen LogP contribution in [0.1, 0.15) is 11.1 Å². The minimum absolute atomic E-state index is 0.622. The zero-order chi connectivity index (χ0) is 28.2. The van der Waals surface area contributed by atoms with Crippen molar-refractivity contribution in [1.29, 1.82) is 10.5 Å². The molecule has 0 saturated carbocycles. The topological polar surface area (TPSA) is 52.5 Å². The van der Waals surface area contributed by atoms with Gasteiger partial charge in [0, 0.05) is 36.5 Å². The summed E-state index contributed by atoms with van der Waals surface area (Å²) in [7, 11) is 0.